The van der Waals surface area contributed by atoms with E-state index >= 15 is 0 Å². The third kappa shape index (κ3) is 3.92. The van der Waals surface area contributed by atoms with E-state index in [0.717, 1.165) is 25.1 Å². The van der Waals surface area contributed by atoms with Gasteiger partial charge < -0.3 is 14.5 Å². The lowest BCUT2D eigenvalue weighted by atomic mass is 10.0. The molecule has 2 heterocycles. The van der Waals surface area contributed by atoms with Gasteiger partial charge in [-0.1, -0.05) is 12.1 Å². The second-order valence-electron chi connectivity index (χ2n) is 7.06. The minimum Gasteiger partial charge on any atom is -0.494 e. The lowest BCUT2D eigenvalue weighted by Gasteiger charge is -2.33. The van der Waals surface area contributed by atoms with Gasteiger partial charge in [0, 0.05) is 25.0 Å². The highest BCUT2D eigenvalue weighted by Crippen LogP contribution is 2.29. The van der Waals surface area contributed by atoms with Crippen molar-refractivity contribution in [2.24, 2.45) is 0 Å². The Morgan fingerprint density at radius 1 is 1.12 bits per heavy atom. The first-order valence-corrected chi connectivity index (χ1v) is 9.40. The predicted molar refractivity (Wildman–Crippen MR) is 96.3 cm³/mol. The summed E-state index contributed by atoms with van der Waals surface area (Å²) in [5.74, 6) is 1.23. The van der Waals surface area contributed by atoms with Crippen LogP contribution in [0.1, 0.15) is 44.6 Å². The smallest absolute Gasteiger partial charge is 0.223 e. The Bertz CT molecular complexity index is 543. The van der Waals surface area contributed by atoms with E-state index < -0.39 is 0 Å². The molecule has 0 aliphatic carbocycles. The summed E-state index contributed by atoms with van der Waals surface area (Å²) in [7, 11) is 2.21. The number of likely N-dealkylation sites (tertiary alicyclic amines) is 2. The number of carbonyl (C=O) groups is 1. The Balaban J connectivity index is 1.54. The Kier molecular flexibility index (Phi) is 5.77. The Morgan fingerprint density at radius 3 is 2.50 bits per heavy atom. The van der Waals surface area contributed by atoms with Crippen molar-refractivity contribution in [2.75, 3.05) is 26.7 Å². The van der Waals surface area contributed by atoms with Crippen molar-refractivity contribution in [3.05, 3.63) is 29.8 Å². The molecule has 2 aliphatic heterocycles. The number of rotatable bonds is 6. The van der Waals surface area contributed by atoms with Crippen LogP contribution in [0.2, 0.25) is 0 Å². The maximum atomic E-state index is 12.7. The molecule has 2 atom stereocenters. The molecule has 1 aromatic rings. The monoisotopic (exact) mass is 330 g/mol. The standard InChI is InChI=1S/C20H30N2O2/c1-3-24-17-11-8-16(9-12-17)10-13-20(23)22-15-5-7-19(22)18-6-4-14-21(18)2/h8-9,11-12,18-19H,3-7,10,13-15H2,1-2H3/t18-,19+/m0/s1. The minimum absolute atomic E-state index is 0.326. The van der Waals surface area contributed by atoms with E-state index in [1.807, 2.05) is 19.1 Å². The number of likely N-dealkylation sites (N-methyl/N-ethyl adjacent to an activating group) is 1. The molecule has 4 nitrogen and oxygen atoms in total. The van der Waals surface area contributed by atoms with Crippen molar-refractivity contribution in [3.63, 3.8) is 0 Å². The maximum Gasteiger partial charge on any atom is 0.223 e. The van der Waals surface area contributed by atoms with Gasteiger partial charge in [-0.3, -0.25) is 4.79 Å². The molecule has 0 N–H and O–H groups in total. The Labute approximate surface area is 145 Å². The van der Waals surface area contributed by atoms with Gasteiger partial charge in [-0.15, -0.1) is 0 Å². The van der Waals surface area contributed by atoms with Crippen LogP contribution in [-0.2, 0) is 11.2 Å². The molecule has 0 bridgehead atoms. The zero-order chi connectivity index (χ0) is 16.9. The van der Waals surface area contributed by atoms with E-state index in [2.05, 4.69) is 29.0 Å². The van der Waals surface area contributed by atoms with Gasteiger partial charge in [0.15, 0.2) is 0 Å². The van der Waals surface area contributed by atoms with Crippen molar-refractivity contribution < 1.29 is 9.53 Å². The molecule has 24 heavy (non-hydrogen) atoms. The van der Waals surface area contributed by atoms with Crippen LogP contribution in [0.3, 0.4) is 0 Å². The first kappa shape index (κ1) is 17.3. The van der Waals surface area contributed by atoms with Gasteiger partial charge in [-0.05, 0) is 70.3 Å². The van der Waals surface area contributed by atoms with E-state index in [1.165, 1.54) is 31.4 Å². The van der Waals surface area contributed by atoms with Crippen molar-refractivity contribution in [3.8, 4) is 5.75 Å². The molecule has 2 fully saturated rings. The molecule has 1 amide bonds. The van der Waals surface area contributed by atoms with Crippen LogP contribution < -0.4 is 4.74 Å². The highest BCUT2D eigenvalue weighted by Gasteiger charge is 2.37. The van der Waals surface area contributed by atoms with Crippen LogP contribution >= 0.6 is 0 Å². The van der Waals surface area contributed by atoms with Gasteiger partial charge >= 0.3 is 0 Å². The number of amides is 1. The summed E-state index contributed by atoms with van der Waals surface area (Å²) in [5.41, 5.74) is 1.21. The average molecular weight is 330 g/mol. The van der Waals surface area contributed by atoms with Crippen molar-refractivity contribution in [2.45, 2.75) is 57.5 Å². The summed E-state index contributed by atoms with van der Waals surface area (Å²) >= 11 is 0. The number of benzene rings is 1. The van der Waals surface area contributed by atoms with E-state index in [4.69, 9.17) is 4.74 Å². The van der Waals surface area contributed by atoms with E-state index in [-0.39, 0.29) is 0 Å². The summed E-state index contributed by atoms with van der Waals surface area (Å²) in [6.45, 7) is 4.79. The quantitative estimate of drug-likeness (QED) is 0.803. The fourth-order valence-corrected chi connectivity index (χ4v) is 4.24. The highest BCUT2D eigenvalue weighted by molar-refractivity contribution is 5.77. The van der Waals surface area contributed by atoms with Crippen LogP contribution in [-0.4, -0.2) is 54.5 Å². The zero-order valence-corrected chi connectivity index (χ0v) is 15.0. The molecule has 3 rings (SSSR count). The van der Waals surface area contributed by atoms with Gasteiger partial charge in [0.1, 0.15) is 5.75 Å². The van der Waals surface area contributed by atoms with E-state index in [9.17, 15) is 4.79 Å². The van der Waals surface area contributed by atoms with Crippen LogP contribution in [0.15, 0.2) is 24.3 Å². The van der Waals surface area contributed by atoms with Crippen LogP contribution in [0, 0.1) is 0 Å². The summed E-state index contributed by atoms with van der Waals surface area (Å²) in [4.78, 5) is 17.4. The lowest BCUT2D eigenvalue weighted by Crippen LogP contribution is -2.47. The second kappa shape index (κ2) is 8.02. The van der Waals surface area contributed by atoms with Crippen molar-refractivity contribution >= 4 is 5.91 Å². The fraction of sp³-hybridized carbons (Fsp3) is 0.650. The number of carbonyl (C=O) groups excluding carboxylic acids is 1. The first-order chi connectivity index (χ1) is 11.7. The summed E-state index contributed by atoms with van der Waals surface area (Å²) in [6, 6.07) is 9.15. The molecule has 132 valence electrons. The number of hydrogen-bond acceptors (Lipinski definition) is 3. The number of hydrogen-bond donors (Lipinski definition) is 0. The van der Waals surface area contributed by atoms with Crippen LogP contribution in [0.4, 0.5) is 0 Å². The molecule has 0 spiro atoms. The second-order valence-corrected chi connectivity index (χ2v) is 7.06. The zero-order valence-electron chi connectivity index (χ0n) is 15.0. The highest BCUT2D eigenvalue weighted by atomic mass is 16.5. The molecule has 1 aromatic carbocycles. The van der Waals surface area contributed by atoms with Gasteiger partial charge in [0.25, 0.3) is 0 Å². The van der Waals surface area contributed by atoms with Crippen molar-refractivity contribution in [1.29, 1.82) is 0 Å². The van der Waals surface area contributed by atoms with Crippen LogP contribution in [0.5, 0.6) is 5.75 Å². The number of nitrogens with zero attached hydrogens (tertiary/aromatic N) is 2. The van der Waals surface area contributed by atoms with Gasteiger partial charge in [0.05, 0.1) is 6.61 Å². The molecule has 2 aliphatic rings. The van der Waals surface area contributed by atoms with Crippen LogP contribution in [0.25, 0.3) is 0 Å². The normalized spacial score (nSPS) is 24.5. The van der Waals surface area contributed by atoms with Gasteiger partial charge in [-0.2, -0.15) is 0 Å². The maximum absolute atomic E-state index is 12.7. The van der Waals surface area contributed by atoms with E-state index in [1.54, 1.807) is 0 Å². The van der Waals surface area contributed by atoms with E-state index in [0.29, 0.717) is 31.0 Å². The molecule has 0 aromatic heterocycles. The summed E-state index contributed by atoms with van der Waals surface area (Å²) in [5, 5.41) is 0. The summed E-state index contributed by atoms with van der Waals surface area (Å²) < 4.78 is 5.47. The molecule has 0 saturated carbocycles. The van der Waals surface area contributed by atoms with Crippen molar-refractivity contribution in [1.82, 2.24) is 9.80 Å². The molecule has 0 unspecified atom stereocenters. The largest absolute Gasteiger partial charge is 0.494 e. The Hall–Kier alpha value is -1.55. The first-order valence-electron chi connectivity index (χ1n) is 9.40. The molecule has 4 heteroatoms. The van der Waals surface area contributed by atoms with Gasteiger partial charge in [0.2, 0.25) is 5.91 Å². The minimum atomic E-state index is 0.326. The molecule has 2 saturated heterocycles. The third-order valence-electron chi connectivity index (χ3n) is 5.50. The average Bonchev–Trinajstić information content (AvgIpc) is 3.22. The lowest BCUT2D eigenvalue weighted by molar-refractivity contribution is -0.132. The SMILES string of the molecule is CCOc1ccc(CCC(=O)N2CCC[C@@H]2[C@@H]2CCCN2C)cc1. The fourth-order valence-electron chi connectivity index (χ4n) is 4.24. The predicted octanol–water partition coefficient (Wildman–Crippen LogP) is 3.10. The Morgan fingerprint density at radius 2 is 1.83 bits per heavy atom. The molecular weight excluding hydrogens is 300 g/mol. The number of aryl methyl sites for hydroxylation is 1. The molecular formula is C20H30N2O2. The van der Waals surface area contributed by atoms with Gasteiger partial charge in [-0.25, -0.2) is 0 Å². The molecule has 0 radical (unpaired) electrons. The summed E-state index contributed by atoms with van der Waals surface area (Å²) in [6.07, 6.45) is 6.26. The third-order valence-corrected chi connectivity index (χ3v) is 5.50. The topological polar surface area (TPSA) is 32.8 Å². The number of ether oxygens (including phenoxy) is 1.